The summed E-state index contributed by atoms with van der Waals surface area (Å²) in [5, 5.41) is 15.4. The van der Waals surface area contributed by atoms with Crippen LogP contribution in [-0.2, 0) is 4.79 Å². The van der Waals surface area contributed by atoms with Crippen molar-refractivity contribution in [2.75, 3.05) is 11.9 Å². The Bertz CT molecular complexity index is 426. The van der Waals surface area contributed by atoms with E-state index in [0.717, 1.165) is 19.4 Å². The summed E-state index contributed by atoms with van der Waals surface area (Å²) >= 11 is 0. The third-order valence-electron chi connectivity index (χ3n) is 3.52. The highest BCUT2D eigenvalue weighted by atomic mass is 16.3. The molecule has 0 bridgehead atoms. The minimum atomic E-state index is -0.167. The number of carbonyl (C=O) groups is 1. The molecule has 1 atom stereocenters. The standard InChI is InChI=1S/C14H20N2O2/c1-14(2)8-3-9-15-12(14)13(18)16-10-4-6-11(17)7-5-10/h4-7,12,15,17H,3,8-9H2,1-2H3,(H,16,18). The van der Waals surface area contributed by atoms with Gasteiger partial charge in [0.2, 0.25) is 5.91 Å². The van der Waals surface area contributed by atoms with Gasteiger partial charge in [-0.25, -0.2) is 0 Å². The monoisotopic (exact) mass is 248 g/mol. The van der Waals surface area contributed by atoms with E-state index in [1.165, 1.54) is 0 Å². The normalized spacial score (nSPS) is 22.4. The van der Waals surface area contributed by atoms with Gasteiger partial charge in [-0.3, -0.25) is 4.79 Å². The molecule has 1 heterocycles. The average Bonchev–Trinajstić information content (AvgIpc) is 2.31. The molecule has 4 nitrogen and oxygen atoms in total. The van der Waals surface area contributed by atoms with Gasteiger partial charge in [0.15, 0.2) is 0 Å². The summed E-state index contributed by atoms with van der Waals surface area (Å²) in [4.78, 5) is 12.2. The number of nitrogens with one attached hydrogen (secondary N) is 2. The third kappa shape index (κ3) is 2.82. The number of hydrogen-bond donors (Lipinski definition) is 3. The molecule has 0 saturated carbocycles. The van der Waals surface area contributed by atoms with Gasteiger partial charge in [-0.05, 0) is 49.1 Å². The van der Waals surface area contributed by atoms with Crippen LogP contribution in [0, 0.1) is 5.41 Å². The van der Waals surface area contributed by atoms with Gasteiger partial charge in [-0.1, -0.05) is 13.8 Å². The summed E-state index contributed by atoms with van der Waals surface area (Å²) in [7, 11) is 0. The maximum atomic E-state index is 12.2. The van der Waals surface area contributed by atoms with Crippen LogP contribution < -0.4 is 10.6 Å². The number of hydrogen-bond acceptors (Lipinski definition) is 3. The second kappa shape index (κ2) is 4.98. The van der Waals surface area contributed by atoms with Gasteiger partial charge < -0.3 is 15.7 Å². The highest BCUT2D eigenvalue weighted by molar-refractivity contribution is 5.95. The lowest BCUT2D eigenvalue weighted by molar-refractivity contribution is -0.121. The lowest BCUT2D eigenvalue weighted by Crippen LogP contribution is -2.53. The number of anilines is 1. The van der Waals surface area contributed by atoms with Crippen molar-refractivity contribution < 1.29 is 9.90 Å². The predicted molar refractivity (Wildman–Crippen MR) is 71.5 cm³/mol. The van der Waals surface area contributed by atoms with Gasteiger partial charge in [0.1, 0.15) is 5.75 Å². The molecular formula is C14H20N2O2. The van der Waals surface area contributed by atoms with E-state index in [4.69, 9.17) is 0 Å². The molecule has 1 aliphatic heterocycles. The van der Waals surface area contributed by atoms with Gasteiger partial charge >= 0.3 is 0 Å². The van der Waals surface area contributed by atoms with Gasteiger partial charge in [0.05, 0.1) is 6.04 Å². The second-order valence-electron chi connectivity index (χ2n) is 5.52. The summed E-state index contributed by atoms with van der Waals surface area (Å²) in [6.07, 6.45) is 2.16. The van der Waals surface area contributed by atoms with Crippen molar-refractivity contribution in [1.82, 2.24) is 5.32 Å². The molecule has 0 radical (unpaired) electrons. The Hall–Kier alpha value is -1.55. The maximum Gasteiger partial charge on any atom is 0.242 e. The Kier molecular flexibility index (Phi) is 3.57. The molecule has 18 heavy (non-hydrogen) atoms. The van der Waals surface area contributed by atoms with Crippen molar-refractivity contribution >= 4 is 11.6 Å². The van der Waals surface area contributed by atoms with Crippen LogP contribution in [0.1, 0.15) is 26.7 Å². The van der Waals surface area contributed by atoms with Crippen LogP contribution in [0.25, 0.3) is 0 Å². The second-order valence-corrected chi connectivity index (χ2v) is 5.52. The smallest absolute Gasteiger partial charge is 0.242 e. The van der Waals surface area contributed by atoms with Gasteiger partial charge in [-0.15, -0.1) is 0 Å². The van der Waals surface area contributed by atoms with E-state index in [0.29, 0.717) is 5.69 Å². The quantitative estimate of drug-likeness (QED) is 0.702. The molecule has 1 unspecified atom stereocenters. The molecule has 1 aromatic carbocycles. The largest absolute Gasteiger partial charge is 0.508 e. The van der Waals surface area contributed by atoms with Crippen LogP contribution in [0.5, 0.6) is 5.75 Å². The maximum absolute atomic E-state index is 12.2. The molecule has 1 saturated heterocycles. The molecular weight excluding hydrogens is 228 g/mol. The van der Waals surface area contributed by atoms with Gasteiger partial charge in [-0.2, -0.15) is 0 Å². The fourth-order valence-electron chi connectivity index (χ4n) is 2.42. The van der Waals surface area contributed by atoms with Crippen molar-refractivity contribution in [2.45, 2.75) is 32.7 Å². The molecule has 1 amide bonds. The Morgan fingerprint density at radius 3 is 2.67 bits per heavy atom. The number of piperidine rings is 1. The zero-order valence-corrected chi connectivity index (χ0v) is 10.9. The van der Waals surface area contributed by atoms with E-state index in [-0.39, 0.29) is 23.1 Å². The first kappa shape index (κ1) is 12.9. The number of aromatic hydroxyl groups is 1. The minimum Gasteiger partial charge on any atom is -0.508 e. The van der Waals surface area contributed by atoms with Crippen LogP contribution >= 0.6 is 0 Å². The summed E-state index contributed by atoms with van der Waals surface area (Å²) in [5.41, 5.74) is 0.681. The van der Waals surface area contributed by atoms with E-state index in [9.17, 15) is 9.90 Å². The summed E-state index contributed by atoms with van der Waals surface area (Å²) < 4.78 is 0. The van der Waals surface area contributed by atoms with Crippen molar-refractivity contribution in [1.29, 1.82) is 0 Å². The van der Waals surface area contributed by atoms with Crippen LogP contribution in [0.4, 0.5) is 5.69 Å². The fraction of sp³-hybridized carbons (Fsp3) is 0.500. The van der Waals surface area contributed by atoms with Crippen LogP contribution in [0.2, 0.25) is 0 Å². The highest BCUT2D eigenvalue weighted by Crippen LogP contribution is 2.30. The van der Waals surface area contributed by atoms with E-state index in [1.807, 2.05) is 0 Å². The lowest BCUT2D eigenvalue weighted by Gasteiger charge is -2.38. The topological polar surface area (TPSA) is 61.4 Å². The van der Waals surface area contributed by atoms with Crippen LogP contribution in [0.3, 0.4) is 0 Å². The average molecular weight is 248 g/mol. The van der Waals surface area contributed by atoms with Crippen LogP contribution in [0.15, 0.2) is 24.3 Å². The number of rotatable bonds is 2. The zero-order valence-electron chi connectivity index (χ0n) is 10.9. The molecule has 1 aromatic rings. The molecule has 2 rings (SSSR count). The fourth-order valence-corrected chi connectivity index (χ4v) is 2.42. The molecule has 0 aliphatic carbocycles. The van der Waals surface area contributed by atoms with E-state index < -0.39 is 0 Å². The predicted octanol–water partition coefficient (Wildman–Crippen LogP) is 2.11. The van der Waals surface area contributed by atoms with Crippen molar-refractivity contribution in [3.63, 3.8) is 0 Å². The number of phenolic OH excluding ortho intramolecular Hbond substituents is 1. The Labute approximate surface area is 107 Å². The molecule has 4 heteroatoms. The number of benzene rings is 1. The molecule has 0 aromatic heterocycles. The van der Waals surface area contributed by atoms with E-state index in [2.05, 4.69) is 24.5 Å². The third-order valence-corrected chi connectivity index (χ3v) is 3.52. The first-order valence-corrected chi connectivity index (χ1v) is 6.32. The van der Waals surface area contributed by atoms with Crippen LogP contribution in [-0.4, -0.2) is 23.6 Å². The van der Waals surface area contributed by atoms with Crippen molar-refractivity contribution in [3.05, 3.63) is 24.3 Å². The number of phenols is 1. The summed E-state index contributed by atoms with van der Waals surface area (Å²) in [6.45, 7) is 5.11. The summed E-state index contributed by atoms with van der Waals surface area (Å²) in [6, 6.07) is 6.36. The SMILES string of the molecule is CC1(C)CCCNC1C(=O)Nc1ccc(O)cc1. The van der Waals surface area contributed by atoms with Gasteiger partial charge in [0.25, 0.3) is 0 Å². The molecule has 1 aliphatic rings. The first-order valence-electron chi connectivity index (χ1n) is 6.32. The van der Waals surface area contributed by atoms with Crippen molar-refractivity contribution in [3.8, 4) is 5.75 Å². The zero-order chi connectivity index (χ0) is 13.2. The number of amides is 1. The van der Waals surface area contributed by atoms with E-state index >= 15 is 0 Å². The highest BCUT2D eigenvalue weighted by Gasteiger charge is 2.36. The molecule has 0 spiro atoms. The Balaban J connectivity index is 2.05. The first-order chi connectivity index (χ1) is 8.49. The molecule has 98 valence electrons. The Morgan fingerprint density at radius 2 is 2.06 bits per heavy atom. The number of carbonyl (C=O) groups excluding carboxylic acids is 1. The molecule has 3 N–H and O–H groups in total. The molecule has 1 fully saturated rings. The minimum absolute atomic E-state index is 0.00890. The summed E-state index contributed by atoms with van der Waals surface area (Å²) in [5.74, 6) is 0.189. The van der Waals surface area contributed by atoms with Gasteiger partial charge in [0, 0.05) is 5.69 Å². The Morgan fingerprint density at radius 1 is 1.39 bits per heavy atom. The lowest BCUT2D eigenvalue weighted by atomic mass is 9.77. The van der Waals surface area contributed by atoms with Crippen molar-refractivity contribution in [2.24, 2.45) is 5.41 Å². The van der Waals surface area contributed by atoms with E-state index in [1.54, 1.807) is 24.3 Å².